The summed E-state index contributed by atoms with van der Waals surface area (Å²) in [5.41, 5.74) is 0.523. The van der Waals surface area contributed by atoms with E-state index in [1.54, 1.807) is 19.2 Å². The van der Waals surface area contributed by atoms with E-state index in [4.69, 9.17) is 11.6 Å². The van der Waals surface area contributed by atoms with E-state index in [2.05, 4.69) is 36.4 Å². The van der Waals surface area contributed by atoms with Crippen LogP contribution in [0.2, 0.25) is 5.15 Å². The molecule has 0 aliphatic carbocycles. The maximum absolute atomic E-state index is 12.0. The van der Waals surface area contributed by atoms with Crippen molar-refractivity contribution in [2.75, 3.05) is 18.9 Å². The Morgan fingerprint density at radius 2 is 2.06 bits per heavy atom. The lowest BCUT2D eigenvalue weighted by molar-refractivity contribution is 0.0945. The fraction of sp³-hybridized carbons (Fsp3) is 0.538. The molecule has 0 saturated heterocycles. The Balaban J connectivity index is 2.69. The van der Waals surface area contributed by atoms with Crippen molar-refractivity contribution in [2.24, 2.45) is 11.8 Å². The van der Waals surface area contributed by atoms with Gasteiger partial charge in [-0.05, 0) is 24.0 Å². The molecule has 0 spiro atoms. The first-order valence-corrected chi connectivity index (χ1v) is 6.45. The van der Waals surface area contributed by atoms with Crippen LogP contribution in [-0.2, 0) is 0 Å². The lowest BCUT2D eigenvalue weighted by Crippen LogP contribution is -2.30. The summed E-state index contributed by atoms with van der Waals surface area (Å²) in [6, 6.07) is 3.25. The van der Waals surface area contributed by atoms with Gasteiger partial charge in [0.2, 0.25) is 0 Å². The minimum atomic E-state index is -0.122. The van der Waals surface area contributed by atoms with Crippen molar-refractivity contribution < 1.29 is 4.79 Å². The zero-order valence-electron chi connectivity index (χ0n) is 11.2. The molecule has 0 bridgehead atoms. The number of hydrogen-bond donors (Lipinski definition) is 2. The predicted molar refractivity (Wildman–Crippen MR) is 75.1 cm³/mol. The summed E-state index contributed by atoms with van der Waals surface area (Å²) in [5, 5.41) is 6.09. The minimum absolute atomic E-state index is 0.122. The molecule has 2 N–H and O–H groups in total. The third kappa shape index (κ3) is 4.18. The van der Waals surface area contributed by atoms with Crippen LogP contribution in [0.3, 0.4) is 0 Å². The monoisotopic (exact) mass is 269 g/mol. The zero-order valence-corrected chi connectivity index (χ0v) is 12.0. The largest absolute Gasteiger partial charge is 0.373 e. The number of aromatic nitrogens is 1. The molecule has 1 amide bonds. The summed E-state index contributed by atoms with van der Waals surface area (Å²) >= 11 is 5.85. The molecule has 18 heavy (non-hydrogen) atoms. The summed E-state index contributed by atoms with van der Waals surface area (Å²) in [7, 11) is 1.74. The fourth-order valence-corrected chi connectivity index (χ4v) is 1.56. The Bertz CT molecular complexity index is 421. The Kier molecular flexibility index (Phi) is 5.41. The van der Waals surface area contributed by atoms with Crippen LogP contribution in [0.25, 0.3) is 0 Å². The number of amides is 1. The van der Waals surface area contributed by atoms with E-state index in [1.807, 2.05) is 0 Å². The van der Waals surface area contributed by atoms with Crippen LogP contribution >= 0.6 is 11.6 Å². The highest BCUT2D eigenvalue weighted by Crippen LogP contribution is 2.14. The quantitative estimate of drug-likeness (QED) is 0.808. The molecule has 100 valence electrons. The number of nitrogens with zero attached hydrogens (tertiary/aromatic N) is 1. The first-order chi connectivity index (χ1) is 8.43. The molecule has 0 fully saturated rings. The van der Waals surface area contributed by atoms with Gasteiger partial charge in [0, 0.05) is 19.2 Å². The number of carbonyl (C=O) groups excluding carboxylic acids is 1. The Labute approximate surface area is 113 Å². The van der Waals surface area contributed by atoms with Crippen LogP contribution in [0.1, 0.15) is 31.1 Å². The van der Waals surface area contributed by atoms with Gasteiger partial charge in [0.05, 0.1) is 0 Å². The van der Waals surface area contributed by atoms with E-state index < -0.39 is 0 Å². The molecule has 0 radical (unpaired) electrons. The maximum atomic E-state index is 12.0. The van der Waals surface area contributed by atoms with Crippen molar-refractivity contribution in [1.29, 1.82) is 0 Å². The van der Waals surface area contributed by atoms with E-state index in [9.17, 15) is 4.79 Å². The molecule has 0 aliphatic rings. The molecule has 1 aromatic rings. The Morgan fingerprint density at radius 1 is 1.39 bits per heavy atom. The van der Waals surface area contributed by atoms with Crippen LogP contribution in [0.15, 0.2) is 12.1 Å². The molecule has 0 aromatic carbocycles. The summed E-state index contributed by atoms with van der Waals surface area (Å²) < 4.78 is 0. The Hall–Kier alpha value is -1.29. The van der Waals surface area contributed by atoms with Gasteiger partial charge >= 0.3 is 0 Å². The highest BCUT2D eigenvalue weighted by molar-refractivity contribution is 6.29. The van der Waals surface area contributed by atoms with E-state index in [0.717, 1.165) is 0 Å². The topological polar surface area (TPSA) is 54.0 Å². The standard InChI is InChI=1S/C13H20ClN3O/c1-8(2)9(3)7-16-13(18)10-5-11(14)17-12(6-10)15-4/h5-6,8-9H,7H2,1-4H3,(H,15,17)(H,16,18). The third-order valence-electron chi connectivity index (χ3n) is 3.04. The maximum Gasteiger partial charge on any atom is 0.251 e. The van der Waals surface area contributed by atoms with Crippen molar-refractivity contribution in [3.8, 4) is 0 Å². The number of carbonyl (C=O) groups is 1. The lowest BCUT2D eigenvalue weighted by Gasteiger charge is -2.16. The number of rotatable bonds is 5. The van der Waals surface area contributed by atoms with Gasteiger partial charge in [0.25, 0.3) is 5.91 Å². The average molecular weight is 270 g/mol. The molecular weight excluding hydrogens is 250 g/mol. The molecular formula is C13H20ClN3O. The first-order valence-electron chi connectivity index (χ1n) is 6.07. The fourth-order valence-electron chi connectivity index (χ4n) is 1.35. The average Bonchev–Trinajstić information content (AvgIpc) is 2.34. The first kappa shape index (κ1) is 14.8. The van der Waals surface area contributed by atoms with Gasteiger partial charge in [-0.3, -0.25) is 4.79 Å². The molecule has 1 heterocycles. The number of nitrogens with one attached hydrogen (secondary N) is 2. The normalized spacial score (nSPS) is 12.3. The van der Waals surface area contributed by atoms with Crippen molar-refractivity contribution in [1.82, 2.24) is 10.3 Å². The molecule has 1 aromatic heterocycles. The zero-order chi connectivity index (χ0) is 13.7. The van der Waals surface area contributed by atoms with Crippen LogP contribution in [-0.4, -0.2) is 24.5 Å². The van der Waals surface area contributed by atoms with Gasteiger partial charge in [0.1, 0.15) is 11.0 Å². The van der Waals surface area contributed by atoms with Crippen molar-refractivity contribution >= 4 is 23.3 Å². The number of hydrogen-bond acceptors (Lipinski definition) is 3. The van der Waals surface area contributed by atoms with Gasteiger partial charge < -0.3 is 10.6 Å². The van der Waals surface area contributed by atoms with Gasteiger partial charge in [-0.15, -0.1) is 0 Å². The second-order valence-electron chi connectivity index (χ2n) is 4.75. The Morgan fingerprint density at radius 3 is 2.61 bits per heavy atom. The summed E-state index contributed by atoms with van der Waals surface area (Å²) in [5.74, 6) is 1.45. The van der Waals surface area contributed by atoms with Gasteiger partial charge in [0.15, 0.2) is 0 Å². The molecule has 4 nitrogen and oxygen atoms in total. The number of anilines is 1. The smallest absolute Gasteiger partial charge is 0.251 e. The lowest BCUT2D eigenvalue weighted by atomic mass is 9.98. The molecule has 5 heteroatoms. The van der Waals surface area contributed by atoms with Gasteiger partial charge in [-0.1, -0.05) is 32.4 Å². The summed E-state index contributed by atoms with van der Waals surface area (Å²) in [6.07, 6.45) is 0. The number of halogens is 1. The van der Waals surface area contributed by atoms with Crippen molar-refractivity contribution in [3.63, 3.8) is 0 Å². The van der Waals surface area contributed by atoms with Crippen molar-refractivity contribution in [3.05, 3.63) is 22.8 Å². The van der Waals surface area contributed by atoms with E-state index in [0.29, 0.717) is 34.9 Å². The van der Waals surface area contributed by atoms with Crippen molar-refractivity contribution in [2.45, 2.75) is 20.8 Å². The van der Waals surface area contributed by atoms with E-state index >= 15 is 0 Å². The second-order valence-corrected chi connectivity index (χ2v) is 5.13. The summed E-state index contributed by atoms with van der Waals surface area (Å²) in [4.78, 5) is 16.0. The van der Waals surface area contributed by atoms with Gasteiger partial charge in [-0.25, -0.2) is 4.98 Å². The molecule has 0 saturated carbocycles. The molecule has 1 rings (SSSR count). The molecule has 1 atom stereocenters. The van der Waals surface area contributed by atoms with E-state index in [-0.39, 0.29) is 5.91 Å². The second kappa shape index (κ2) is 6.59. The molecule has 1 unspecified atom stereocenters. The SMILES string of the molecule is CNc1cc(C(=O)NCC(C)C(C)C)cc(Cl)n1. The van der Waals surface area contributed by atoms with E-state index in [1.165, 1.54) is 0 Å². The minimum Gasteiger partial charge on any atom is -0.373 e. The summed E-state index contributed by atoms with van der Waals surface area (Å²) in [6.45, 7) is 7.05. The third-order valence-corrected chi connectivity index (χ3v) is 3.23. The van der Waals surface area contributed by atoms with Crippen LogP contribution in [0.5, 0.6) is 0 Å². The van der Waals surface area contributed by atoms with Crippen LogP contribution < -0.4 is 10.6 Å². The highest BCUT2D eigenvalue weighted by Gasteiger charge is 2.12. The van der Waals surface area contributed by atoms with Crippen LogP contribution in [0, 0.1) is 11.8 Å². The van der Waals surface area contributed by atoms with Gasteiger partial charge in [-0.2, -0.15) is 0 Å². The van der Waals surface area contributed by atoms with Crippen LogP contribution in [0.4, 0.5) is 5.82 Å². The highest BCUT2D eigenvalue weighted by atomic mass is 35.5. The number of pyridine rings is 1. The molecule has 0 aliphatic heterocycles. The predicted octanol–water partition coefficient (Wildman–Crippen LogP) is 2.80.